The molecule has 1 aromatic rings. The molecule has 0 N–H and O–H groups in total. The van der Waals surface area contributed by atoms with Crippen molar-refractivity contribution in [2.45, 2.75) is 19.8 Å². The number of hydrogen-bond acceptors (Lipinski definition) is 5. The van der Waals surface area contributed by atoms with E-state index < -0.39 is 4.92 Å². The zero-order valence-corrected chi connectivity index (χ0v) is 14.3. The van der Waals surface area contributed by atoms with Crippen molar-refractivity contribution in [1.82, 2.24) is 9.80 Å². The van der Waals surface area contributed by atoms with Crippen LogP contribution in [0, 0.1) is 10.1 Å². The number of carbonyl (C=O) groups excluding carboxylic acids is 2. The van der Waals surface area contributed by atoms with Gasteiger partial charge in [0.2, 0.25) is 5.91 Å². The van der Waals surface area contributed by atoms with Gasteiger partial charge in [-0.15, -0.1) is 0 Å². The highest BCUT2D eigenvalue weighted by Gasteiger charge is 2.27. The van der Waals surface area contributed by atoms with Crippen LogP contribution in [0.2, 0.25) is 0 Å². The highest BCUT2D eigenvalue weighted by molar-refractivity contribution is 5.96. The highest BCUT2D eigenvalue weighted by Crippen LogP contribution is 2.31. The van der Waals surface area contributed by atoms with Crippen LogP contribution in [-0.2, 0) is 4.79 Å². The molecule has 0 spiro atoms. The van der Waals surface area contributed by atoms with Gasteiger partial charge in [0.15, 0.2) is 0 Å². The lowest BCUT2D eigenvalue weighted by Crippen LogP contribution is -2.48. The van der Waals surface area contributed by atoms with Crippen LogP contribution in [0.5, 0.6) is 0 Å². The van der Waals surface area contributed by atoms with Crippen molar-refractivity contribution in [1.29, 1.82) is 0 Å². The minimum atomic E-state index is -0.437. The monoisotopic (exact) mass is 346 g/mol. The molecule has 2 fully saturated rings. The molecule has 2 saturated heterocycles. The Morgan fingerprint density at radius 3 is 2.20 bits per heavy atom. The van der Waals surface area contributed by atoms with E-state index in [1.807, 2.05) is 4.90 Å². The van der Waals surface area contributed by atoms with Gasteiger partial charge in [-0.05, 0) is 25.0 Å². The topological polar surface area (TPSA) is 87.0 Å². The van der Waals surface area contributed by atoms with Gasteiger partial charge in [0.05, 0.1) is 4.92 Å². The molecule has 8 heteroatoms. The molecule has 2 aliphatic heterocycles. The second-order valence-corrected chi connectivity index (χ2v) is 6.45. The molecule has 0 radical (unpaired) electrons. The van der Waals surface area contributed by atoms with Crippen molar-refractivity contribution < 1.29 is 14.5 Å². The molecule has 0 saturated carbocycles. The van der Waals surface area contributed by atoms with E-state index in [0.717, 1.165) is 12.8 Å². The van der Waals surface area contributed by atoms with E-state index in [9.17, 15) is 19.7 Å². The summed E-state index contributed by atoms with van der Waals surface area (Å²) < 4.78 is 0. The predicted octanol–water partition coefficient (Wildman–Crippen LogP) is 1.50. The molecule has 0 aromatic heterocycles. The lowest BCUT2D eigenvalue weighted by molar-refractivity contribution is -0.384. The number of rotatable bonds is 3. The summed E-state index contributed by atoms with van der Waals surface area (Å²) in [5.74, 6) is -0.130. The van der Waals surface area contributed by atoms with Crippen LogP contribution in [0.15, 0.2) is 18.2 Å². The average molecular weight is 346 g/mol. The van der Waals surface area contributed by atoms with Crippen LogP contribution in [0.25, 0.3) is 0 Å². The molecule has 0 aliphatic carbocycles. The van der Waals surface area contributed by atoms with Crippen LogP contribution in [0.3, 0.4) is 0 Å². The van der Waals surface area contributed by atoms with Gasteiger partial charge >= 0.3 is 0 Å². The molecule has 3 rings (SSSR count). The first-order valence-corrected chi connectivity index (χ1v) is 8.55. The Morgan fingerprint density at radius 1 is 1.00 bits per heavy atom. The Bertz CT molecular complexity index is 692. The van der Waals surface area contributed by atoms with Crippen molar-refractivity contribution in [2.75, 3.05) is 44.2 Å². The Hall–Kier alpha value is -2.64. The number of nitrogens with zero attached hydrogens (tertiary/aromatic N) is 4. The first kappa shape index (κ1) is 17.2. The molecular formula is C17H22N4O4. The fraction of sp³-hybridized carbons (Fsp3) is 0.529. The fourth-order valence-corrected chi connectivity index (χ4v) is 3.44. The number of carbonyl (C=O) groups is 2. The smallest absolute Gasteiger partial charge is 0.293 e. The average Bonchev–Trinajstić information content (AvgIpc) is 3.15. The number of nitro groups is 1. The molecule has 0 unspecified atom stereocenters. The third-order valence-electron chi connectivity index (χ3n) is 4.88. The molecule has 134 valence electrons. The van der Waals surface area contributed by atoms with Gasteiger partial charge in [-0.2, -0.15) is 0 Å². The van der Waals surface area contributed by atoms with Crippen LogP contribution < -0.4 is 4.90 Å². The number of amides is 2. The lowest BCUT2D eigenvalue weighted by Gasteiger charge is -2.35. The van der Waals surface area contributed by atoms with Crippen molar-refractivity contribution in [2.24, 2.45) is 0 Å². The summed E-state index contributed by atoms with van der Waals surface area (Å²) in [5, 5.41) is 11.5. The molecule has 25 heavy (non-hydrogen) atoms. The Kier molecular flexibility index (Phi) is 4.87. The van der Waals surface area contributed by atoms with Gasteiger partial charge in [-0.25, -0.2) is 0 Å². The zero-order valence-electron chi connectivity index (χ0n) is 14.3. The summed E-state index contributed by atoms with van der Waals surface area (Å²) in [6.45, 7) is 5.11. The maximum absolute atomic E-state index is 12.5. The van der Waals surface area contributed by atoms with E-state index >= 15 is 0 Å². The third kappa shape index (κ3) is 3.57. The van der Waals surface area contributed by atoms with Crippen LogP contribution in [-0.4, -0.2) is 65.8 Å². The predicted molar refractivity (Wildman–Crippen MR) is 92.7 cm³/mol. The normalized spacial score (nSPS) is 17.7. The number of anilines is 1. The van der Waals surface area contributed by atoms with Crippen molar-refractivity contribution in [3.8, 4) is 0 Å². The van der Waals surface area contributed by atoms with Gasteiger partial charge in [-0.3, -0.25) is 19.7 Å². The second kappa shape index (κ2) is 7.08. The minimum Gasteiger partial charge on any atom is -0.362 e. The fourth-order valence-electron chi connectivity index (χ4n) is 3.44. The van der Waals surface area contributed by atoms with E-state index in [2.05, 4.69) is 0 Å². The molecule has 0 bridgehead atoms. The lowest BCUT2D eigenvalue weighted by atomic mass is 10.1. The summed E-state index contributed by atoms with van der Waals surface area (Å²) in [4.78, 5) is 40.4. The molecule has 8 nitrogen and oxygen atoms in total. The number of hydrogen-bond donors (Lipinski definition) is 0. The molecule has 2 aliphatic rings. The first-order valence-electron chi connectivity index (χ1n) is 8.55. The summed E-state index contributed by atoms with van der Waals surface area (Å²) in [6.07, 6.45) is 1.96. The Morgan fingerprint density at radius 2 is 1.64 bits per heavy atom. The minimum absolute atomic E-state index is 0.0145. The summed E-state index contributed by atoms with van der Waals surface area (Å²) >= 11 is 0. The first-order chi connectivity index (χ1) is 12.0. The van der Waals surface area contributed by atoms with Gasteiger partial charge in [0.25, 0.3) is 11.6 Å². The van der Waals surface area contributed by atoms with Crippen molar-refractivity contribution in [3.63, 3.8) is 0 Å². The number of piperazine rings is 1. The van der Waals surface area contributed by atoms with Crippen molar-refractivity contribution >= 4 is 23.2 Å². The van der Waals surface area contributed by atoms with Crippen molar-refractivity contribution in [3.05, 3.63) is 33.9 Å². The molecule has 2 amide bonds. The maximum Gasteiger partial charge on any atom is 0.293 e. The van der Waals surface area contributed by atoms with Gasteiger partial charge in [-0.1, -0.05) is 0 Å². The standard InChI is InChI=1S/C17H22N4O4/c1-13(22)18-8-10-19(11-9-18)15-5-4-14(12-16(15)21(24)25)17(23)20-6-2-3-7-20/h4-5,12H,2-3,6-11H2,1H3. The Labute approximate surface area is 146 Å². The second-order valence-electron chi connectivity index (χ2n) is 6.45. The molecule has 2 heterocycles. The quantitative estimate of drug-likeness (QED) is 0.611. The Balaban J connectivity index is 1.81. The molecule has 0 atom stereocenters. The van der Waals surface area contributed by atoms with Gasteiger partial charge < -0.3 is 14.7 Å². The third-order valence-corrected chi connectivity index (χ3v) is 4.88. The van der Waals surface area contributed by atoms with E-state index in [0.29, 0.717) is 50.5 Å². The van der Waals surface area contributed by atoms with Crippen LogP contribution >= 0.6 is 0 Å². The van der Waals surface area contributed by atoms with Gasteiger partial charge in [0.1, 0.15) is 5.69 Å². The van der Waals surface area contributed by atoms with E-state index in [1.165, 1.54) is 13.0 Å². The number of benzene rings is 1. The van der Waals surface area contributed by atoms with Crippen LogP contribution in [0.1, 0.15) is 30.1 Å². The van der Waals surface area contributed by atoms with E-state index in [4.69, 9.17) is 0 Å². The summed E-state index contributed by atoms with van der Waals surface area (Å²) in [5.41, 5.74) is 0.812. The van der Waals surface area contributed by atoms with Gasteiger partial charge in [0, 0.05) is 57.8 Å². The SMILES string of the molecule is CC(=O)N1CCN(c2ccc(C(=O)N3CCCC3)cc2[N+](=O)[O-])CC1. The summed E-state index contributed by atoms with van der Waals surface area (Å²) in [7, 11) is 0. The van der Waals surface area contributed by atoms with Crippen LogP contribution in [0.4, 0.5) is 11.4 Å². The maximum atomic E-state index is 12.5. The molecule has 1 aromatic carbocycles. The zero-order chi connectivity index (χ0) is 18.0. The van der Waals surface area contributed by atoms with E-state index in [1.54, 1.807) is 21.9 Å². The number of nitro benzene ring substituents is 1. The molecular weight excluding hydrogens is 324 g/mol. The summed E-state index contributed by atoms with van der Waals surface area (Å²) in [6, 6.07) is 4.71. The highest BCUT2D eigenvalue weighted by atomic mass is 16.6. The largest absolute Gasteiger partial charge is 0.362 e. The van der Waals surface area contributed by atoms with E-state index in [-0.39, 0.29) is 17.5 Å². The number of likely N-dealkylation sites (tertiary alicyclic amines) is 1.